The molecule has 3 aliphatic rings. The molecule has 3 aliphatic heterocycles. The number of nitrogens with one attached hydrogen (secondary N) is 3. The number of aromatic nitrogens is 4. The number of hydrogen-bond acceptors (Lipinski definition) is 18. The number of anilines is 4. The van der Waals surface area contributed by atoms with Gasteiger partial charge in [0.2, 0.25) is 35.9 Å². The number of nitrogens with zero attached hydrogens (tertiary/aromatic N) is 5. The van der Waals surface area contributed by atoms with E-state index in [2.05, 4.69) is 43.2 Å². The Labute approximate surface area is 417 Å². The van der Waals surface area contributed by atoms with Gasteiger partial charge in [-0.3, -0.25) is 19.0 Å². The third kappa shape index (κ3) is 12.3. The van der Waals surface area contributed by atoms with Gasteiger partial charge in [-0.05, 0) is 107 Å². The summed E-state index contributed by atoms with van der Waals surface area (Å²) in [5.74, 6) is -2.11. The zero-order valence-electron chi connectivity index (χ0n) is 40.8. The van der Waals surface area contributed by atoms with Crippen molar-refractivity contribution in [3.8, 4) is 0 Å². The van der Waals surface area contributed by atoms with E-state index < -0.39 is 74.5 Å². The fourth-order valence-electron chi connectivity index (χ4n) is 7.75. The summed E-state index contributed by atoms with van der Waals surface area (Å²) in [7, 11) is -15.4. The van der Waals surface area contributed by atoms with Gasteiger partial charge in [-0.2, -0.15) is 18.6 Å². The predicted octanol–water partition coefficient (Wildman–Crippen LogP) is 4.21. The second-order valence-electron chi connectivity index (χ2n) is 18.3. The van der Waals surface area contributed by atoms with Crippen LogP contribution in [0.4, 0.5) is 22.7 Å². The number of benzene rings is 2. The topological polar surface area (TPSA) is 374 Å². The molecule has 0 fully saturated rings. The number of nitrogen functional groups attached to an aromatic ring is 1. The Kier molecular flexibility index (Phi) is 16.3. The molecular formula is C44H58N10O14S4. The number of rotatable bonds is 14. The molecule has 24 nitrogen and oxygen atoms in total. The highest BCUT2D eigenvalue weighted by atomic mass is 32.2. The summed E-state index contributed by atoms with van der Waals surface area (Å²) in [6, 6.07) is 10.7. The van der Waals surface area contributed by atoms with Crippen molar-refractivity contribution in [1.82, 2.24) is 19.6 Å². The standard InChI is InChI=1S/C21H25N5O6S2.C16H22N2O4.C7H11N3O4S2/c1-12(2)7-9-21(3)19(28)17(18(27)15-8-10-22-26(15)21)20-23-14-6-5-13(24-33(4,29)30)11-16(14)34(31,32)25-20;1-5-22-15(21)12-13(19)11-7-9-17-18(11)16(4,14(12)20)8-6-10(2)3;1-15(11,12)10-5-2-3-6(8)7(4-5)16(9,13)14/h5-6,8,10-12,24,27H,7,9H2,1-4H3,(H,23,25);7,9-10,19H,5-6,8H2,1-4H3;2-4,10H,8H2,1H3,(H2,9,13,14). The summed E-state index contributed by atoms with van der Waals surface area (Å²) in [6.07, 6.45) is 7.33. The number of sulfonamides is 4. The highest BCUT2D eigenvalue weighted by Gasteiger charge is 2.49. The van der Waals surface area contributed by atoms with E-state index in [0.717, 1.165) is 31.1 Å². The number of nitrogens with two attached hydrogens (primary N) is 2. The summed E-state index contributed by atoms with van der Waals surface area (Å²) in [6.45, 7) is 13.4. The molecule has 4 aromatic rings. The number of aliphatic hydroxyl groups excluding tert-OH is 2. The molecule has 0 aliphatic carbocycles. The second-order valence-corrected chi connectivity index (χ2v) is 24.9. The molecule has 2 aromatic heterocycles. The summed E-state index contributed by atoms with van der Waals surface area (Å²) in [5.41, 5.74) is 3.58. The van der Waals surface area contributed by atoms with Crippen LogP contribution in [-0.4, -0.2) is 106 Å². The molecule has 2 atom stereocenters. The number of fused-ring (bicyclic) bond motifs is 3. The van der Waals surface area contributed by atoms with Crippen LogP contribution in [0.1, 0.15) is 85.5 Å². The minimum Gasteiger partial charge on any atom is -0.505 e. The molecule has 0 saturated carbocycles. The zero-order chi connectivity index (χ0) is 54.1. The van der Waals surface area contributed by atoms with Gasteiger partial charge in [-0.1, -0.05) is 27.7 Å². The summed E-state index contributed by atoms with van der Waals surface area (Å²) in [5, 5.41) is 37.4. The van der Waals surface area contributed by atoms with Crippen molar-refractivity contribution in [3.63, 3.8) is 0 Å². The molecule has 7 rings (SSSR count). The van der Waals surface area contributed by atoms with E-state index in [-0.39, 0.29) is 67.6 Å². The maximum Gasteiger partial charge on any atom is 0.345 e. The second kappa shape index (κ2) is 20.8. The molecule has 0 radical (unpaired) electrons. The zero-order valence-corrected chi connectivity index (χ0v) is 44.0. The average molecular weight is 1080 g/mol. The molecule has 2 aromatic carbocycles. The Balaban J connectivity index is 0.000000218. The Bertz CT molecular complexity index is 3380. The van der Waals surface area contributed by atoms with Crippen LogP contribution in [0.25, 0.3) is 11.5 Å². The van der Waals surface area contributed by atoms with E-state index in [1.807, 2.05) is 13.8 Å². The van der Waals surface area contributed by atoms with Gasteiger partial charge in [-0.15, -0.1) is 4.40 Å². The molecule has 5 heterocycles. The van der Waals surface area contributed by atoms with Gasteiger partial charge in [0.05, 0.1) is 30.5 Å². The SMILES string of the molecule is CC(C)CCC1(C)C(=O)C(C2=NS(=O)(=O)c3cc(NS(C)(=O)=O)ccc3N2)=C(O)c2ccnn21.CCOC(=O)C1=C(O)c2ccnn2C(C)(CCC(C)C)C1=O.CS(=O)(=O)Nc1ccc(N)c(S(N)(=O)=O)c1. The van der Waals surface area contributed by atoms with Crippen LogP contribution in [0.2, 0.25) is 0 Å². The summed E-state index contributed by atoms with van der Waals surface area (Å²) in [4.78, 5) is 38.1. The van der Waals surface area contributed by atoms with Crippen molar-refractivity contribution in [3.05, 3.63) is 83.5 Å². The maximum absolute atomic E-state index is 13.7. The molecule has 392 valence electrons. The van der Waals surface area contributed by atoms with Gasteiger partial charge < -0.3 is 26.0 Å². The number of ketones is 2. The van der Waals surface area contributed by atoms with Gasteiger partial charge in [-0.25, -0.2) is 44.6 Å². The van der Waals surface area contributed by atoms with E-state index in [4.69, 9.17) is 15.6 Å². The number of primary sulfonamides is 1. The molecule has 9 N–H and O–H groups in total. The fourth-order valence-corrected chi connectivity index (χ4v) is 10.7. The average Bonchev–Trinajstić information content (AvgIpc) is 3.97. The van der Waals surface area contributed by atoms with Crippen LogP contribution in [-0.2, 0) is 70.3 Å². The van der Waals surface area contributed by atoms with E-state index >= 15 is 0 Å². The number of Topliss-reactive ketones (excluding diaryl/α,β-unsaturated/α-hetero) is 2. The molecule has 0 spiro atoms. The van der Waals surface area contributed by atoms with Crippen molar-refractivity contribution in [2.24, 2.45) is 21.4 Å². The van der Waals surface area contributed by atoms with E-state index in [1.165, 1.54) is 46.0 Å². The van der Waals surface area contributed by atoms with Crippen LogP contribution < -0.4 is 25.6 Å². The molecule has 0 saturated heterocycles. The van der Waals surface area contributed by atoms with Crippen molar-refractivity contribution < 1.29 is 63.0 Å². The molecule has 0 bridgehead atoms. The number of amidine groups is 1. The van der Waals surface area contributed by atoms with Crippen molar-refractivity contribution in [1.29, 1.82) is 0 Å². The Morgan fingerprint density at radius 2 is 1.28 bits per heavy atom. The van der Waals surface area contributed by atoms with Gasteiger partial charge in [0.15, 0.2) is 23.1 Å². The van der Waals surface area contributed by atoms with Gasteiger partial charge >= 0.3 is 5.97 Å². The molecule has 28 heteroatoms. The number of hydrogen-bond donors (Lipinski definition) is 7. The van der Waals surface area contributed by atoms with Crippen LogP contribution in [0.5, 0.6) is 0 Å². The minimum absolute atomic E-state index is 0.0402. The van der Waals surface area contributed by atoms with Crippen LogP contribution in [0.15, 0.2) is 86.3 Å². The van der Waals surface area contributed by atoms with E-state index in [9.17, 15) is 58.3 Å². The van der Waals surface area contributed by atoms with E-state index in [1.54, 1.807) is 32.9 Å². The van der Waals surface area contributed by atoms with Crippen molar-refractivity contribution in [2.45, 2.75) is 95.0 Å². The number of aliphatic hydroxyl groups is 2. The lowest BCUT2D eigenvalue weighted by Crippen LogP contribution is -2.47. The largest absolute Gasteiger partial charge is 0.505 e. The van der Waals surface area contributed by atoms with Crippen LogP contribution >= 0.6 is 0 Å². The number of carbonyl (C=O) groups is 3. The lowest BCUT2D eigenvalue weighted by Gasteiger charge is -2.36. The molecule has 72 heavy (non-hydrogen) atoms. The van der Waals surface area contributed by atoms with Crippen LogP contribution in [0, 0.1) is 11.8 Å². The molecule has 2 unspecified atom stereocenters. The Hall–Kier alpha value is -6.62. The van der Waals surface area contributed by atoms with Crippen molar-refractivity contribution >= 4 is 97.7 Å². The third-order valence-electron chi connectivity index (χ3n) is 11.4. The first kappa shape index (κ1) is 56.3. The lowest BCUT2D eigenvalue weighted by molar-refractivity contribution is -0.141. The quantitative estimate of drug-likeness (QED) is 0.0528. The normalized spacial score (nSPS) is 19.4. The van der Waals surface area contributed by atoms with Gasteiger partial charge in [0.25, 0.3) is 10.0 Å². The number of esters is 1. The Morgan fingerprint density at radius 3 is 1.76 bits per heavy atom. The fraction of sp³-hybridized carbons (Fsp3) is 0.409. The first-order valence-electron chi connectivity index (χ1n) is 22.0. The van der Waals surface area contributed by atoms with Crippen molar-refractivity contribution in [2.75, 3.05) is 39.6 Å². The monoisotopic (exact) mass is 1080 g/mol. The summed E-state index contributed by atoms with van der Waals surface area (Å²) >= 11 is 0. The number of ether oxygens (including phenoxy) is 1. The third-order valence-corrected chi connectivity index (χ3v) is 14.9. The smallest absolute Gasteiger partial charge is 0.345 e. The highest BCUT2D eigenvalue weighted by Crippen LogP contribution is 2.41. The summed E-state index contributed by atoms with van der Waals surface area (Å²) < 4.78 is 109. The molecular weight excluding hydrogens is 1020 g/mol. The molecule has 0 amide bonds. The first-order valence-corrected chi connectivity index (χ1v) is 28.8. The van der Waals surface area contributed by atoms with Crippen LogP contribution in [0.3, 0.4) is 0 Å². The maximum atomic E-state index is 13.7. The minimum atomic E-state index is -4.32. The van der Waals surface area contributed by atoms with E-state index in [0.29, 0.717) is 36.8 Å². The first-order chi connectivity index (χ1) is 33.1. The lowest BCUT2D eigenvalue weighted by atomic mass is 9.81. The van der Waals surface area contributed by atoms with Gasteiger partial charge in [0, 0.05) is 23.8 Å². The Morgan fingerprint density at radius 1 is 0.792 bits per heavy atom. The van der Waals surface area contributed by atoms with Gasteiger partial charge in [0.1, 0.15) is 43.4 Å². The predicted molar refractivity (Wildman–Crippen MR) is 269 cm³/mol. The number of carbonyl (C=O) groups excluding carboxylic acids is 3. The highest BCUT2D eigenvalue weighted by molar-refractivity contribution is 7.92.